The molecule has 0 bridgehead atoms. The van der Waals surface area contributed by atoms with Crippen molar-refractivity contribution in [2.75, 3.05) is 6.54 Å². The summed E-state index contributed by atoms with van der Waals surface area (Å²) in [5, 5.41) is 3.92. The van der Waals surface area contributed by atoms with E-state index >= 15 is 0 Å². The largest absolute Gasteiger partial charge is 0.489 e. The zero-order valence-electron chi connectivity index (χ0n) is 14.0. The summed E-state index contributed by atoms with van der Waals surface area (Å²) in [5.74, 6) is 1.13. The molecule has 2 N–H and O–H groups in total. The first-order chi connectivity index (χ1) is 11.6. The summed E-state index contributed by atoms with van der Waals surface area (Å²) < 4.78 is 5.83. The Morgan fingerprint density at radius 3 is 2.67 bits per heavy atom. The number of aromatic amines is 1. The molecule has 0 aliphatic carbocycles. The van der Waals surface area contributed by atoms with Crippen LogP contribution in [0.15, 0.2) is 54.6 Å². The van der Waals surface area contributed by atoms with Gasteiger partial charge in [0.15, 0.2) is 0 Å². The molecule has 0 unspecified atom stereocenters. The number of carbonyl (C=O) groups excluding carboxylic acids is 1. The lowest BCUT2D eigenvalue weighted by Gasteiger charge is -2.06. The molecule has 24 heavy (non-hydrogen) atoms. The third-order valence-electron chi connectivity index (χ3n) is 3.76. The van der Waals surface area contributed by atoms with Crippen molar-refractivity contribution in [1.82, 2.24) is 10.3 Å². The van der Waals surface area contributed by atoms with Crippen LogP contribution in [0.3, 0.4) is 0 Å². The second-order valence-electron chi connectivity index (χ2n) is 6.31. The molecule has 0 spiro atoms. The first kappa shape index (κ1) is 16.1. The Hall–Kier alpha value is -2.75. The molecule has 124 valence electrons. The first-order valence-electron chi connectivity index (χ1n) is 8.19. The molecule has 1 amide bonds. The van der Waals surface area contributed by atoms with Crippen molar-refractivity contribution >= 4 is 16.8 Å². The number of hydrogen-bond donors (Lipinski definition) is 2. The topological polar surface area (TPSA) is 54.1 Å². The molecule has 2 aromatic carbocycles. The zero-order valence-corrected chi connectivity index (χ0v) is 14.0. The van der Waals surface area contributed by atoms with E-state index < -0.39 is 0 Å². The number of amides is 1. The van der Waals surface area contributed by atoms with Gasteiger partial charge in [-0.1, -0.05) is 44.2 Å². The molecule has 0 fully saturated rings. The van der Waals surface area contributed by atoms with Crippen LogP contribution in [0.4, 0.5) is 0 Å². The molecular weight excluding hydrogens is 300 g/mol. The molecule has 0 saturated carbocycles. The number of hydrogen-bond acceptors (Lipinski definition) is 2. The van der Waals surface area contributed by atoms with Crippen LogP contribution in [-0.4, -0.2) is 17.4 Å². The number of aromatic nitrogens is 1. The lowest BCUT2D eigenvalue weighted by Crippen LogP contribution is -2.27. The summed E-state index contributed by atoms with van der Waals surface area (Å²) in [6.45, 7) is 5.33. The summed E-state index contributed by atoms with van der Waals surface area (Å²) in [5.41, 5.74) is 2.60. The average molecular weight is 322 g/mol. The Morgan fingerprint density at radius 1 is 1.12 bits per heavy atom. The normalized spacial score (nSPS) is 11.0. The molecule has 4 nitrogen and oxygen atoms in total. The highest BCUT2D eigenvalue weighted by molar-refractivity contribution is 5.98. The Balaban J connectivity index is 1.70. The Bertz CT molecular complexity index is 822. The van der Waals surface area contributed by atoms with E-state index in [1.165, 1.54) is 0 Å². The molecule has 3 rings (SSSR count). The summed E-state index contributed by atoms with van der Waals surface area (Å²) in [6, 6.07) is 17.7. The number of fused-ring (bicyclic) bond motifs is 1. The third-order valence-corrected chi connectivity index (χ3v) is 3.76. The molecule has 1 aromatic heterocycles. The van der Waals surface area contributed by atoms with Crippen LogP contribution in [0.2, 0.25) is 0 Å². The van der Waals surface area contributed by atoms with Crippen molar-refractivity contribution in [3.63, 3.8) is 0 Å². The summed E-state index contributed by atoms with van der Waals surface area (Å²) in [6.07, 6.45) is 0. The minimum absolute atomic E-state index is 0.0772. The van der Waals surface area contributed by atoms with E-state index in [0.29, 0.717) is 24.8 Å². The molecule has 0 saturated heterocycles. The fourth-order valence-electron chi connectivity index (χ4n) is 2.45. The van der Waals surface area contributed by atoms with Gasteiger partial charge in [0.1, 0.15) is 18.1 Å². The fraction of sp³-hybridized carbons (Fsp3) is 0.250. The second kappa shape index (κ2) is 7.21. The maximum Gasteiger partial charge on any atom is 0.267 e. The van der Waals surface area contributed by atoms with E-state index in [1.807, 2.05) is 54.6 Å². The standard InChI is InChI=1S/C20H22N2O2/c1-14(2)12-21-20(23)19-10-16-8-9-17(11-18(16)22-19)24-13-15-6-4-3-5-7-15/h3-11,14,22H,12-13H2,1-2H3,(H,21,23). The molecule has 0 radical (unpaired) electrons. The third kappa shape index (κ3) is 3.96. The number of H-pyrrole nitrogens is 1. The van der Waals surface area contributed by atoms with Gasteiger partial charge in [0, 0.05) is 23.5 Å². The Morgan fingerprint density at radius 2 is 1.92 bits per heavy atom. The molecule has 4 heteroatoms. The van der Waals surface area contributed by atoms with Crippen molar-refractivity contribution in [2.24, 2.45) is 5.92 Å². The number of ether oxygens (including phenoxy) is 1. The van der Waals surface area contributed by atoms with Crippen LogP contribution in [0.5, 0.6) is 5.75 Å². The van der Waals surface area contributed by atoms with Gasteiger partial charge in [-0.25, -0.2) is 0 Å². The second-order valence-corrected chi connectivity index (χ2v) is 6.31. The van der Waals surface area contributed by atoms with Gasteiger partial charge in [-0.3, -0.25) is 4.79 Å². The van der Waals surface area contributed by atoms with Gasteiger partial charge < -0.3 is 15.0 Å². The van der Waals surface area contributed by atoms with Gasteiger partial charge in [0.25, 0.3) is 5.91 Å². The van der Waals surface area contributed by atoms with E-state index in [2.05, 4.69) is 24.1 Å². The van der Waals surface area contributed by atoms with Crippen molar-refractivity contribution in [3.8, 4) is 5.75 Å². The molecule has 0 atom stereocenters. The minimum Gasteiger partial charge on any atom is -0.489 e. The van der Waals surface area contributed by atoms with Gasteiger partial charge in [0.05, 0.1) is 0 Å². The zero-order chi connectivity index (χ0) is 16.9. The molecular formula is C20H22N2O2. The molecule has 1 heterocycles. The van der Waals surface area contributed by atoms with Gasteiger partial charge in [-0.15, -0.1) is 0 Å². The molecule has 0 aliphatic heterocycles. The number of rotatable bonds is 6. The lowest BCUT2D eigenvalue weighted by molar-refractivity contribution is 0.0945. The minimum atomic E-state index is -0.0772. The SMILES string of the molecule is CC(C)CNC(=O)c1cc2ccc(OCc3ccccc3)cc2[nH]1. The highest BCUT2D eigenvalue weighted by Gasteiger charge is 2.10. The smallest absolute Gasteiger partial charge is 0.267 e. The Kier molecular flexibility index (Phi) is 4.85. The fourth-order valence-corrected chi connectivity index (χ4v) is 2.45. The molecule has 3 aromatic rings. The highest BCUT2D eigenvalue weighted by Crippen LogP contribution is 2.22. The van der Waals surface area contributed by atoms with Crippen LogP contribution in [0.1, 0.15) is 29.9 Å². The summed E-state index contributed by atoms with van der Waals surface area (Å²) >= 11 is 0. The number of carbonyl (C=O) groups is 1. The monoisotopic (exact) mass is 322 g/mol. The molecule has 0 aliphatic rings. The van der Waals surface area contributed by atoms with Gasteiger partial charge >= 0.3 is 0 Å². The summed E-state index contributed by atoms with van der Waals surface area (Å²) in [4.78, 5) is 15.3. The van der Waals surface area contributed by atoms with Crippen LogP contribution in [-0.2, 0) is 6.61 Å². The maximum absolute atomic E-state index is 12.1. The van der Waals surface area contributed by atoms with Crippen molar-refractivity contribution in [2.45, 2.75) is 20.5 Å². The van der Waals surface area contributed by atoms with E-state index in [9.17, 15) is 4.79 Å². The van der Waals surface area contributed by atoms with E-state index in [4.69, 9.17) is 4.74 Å². The van der Waals surface area contributed by atoms with Crippen LogP contribution < -0.4 is 10.1 Å². The van der Waals surface area contributed by atoms with Crippen LogP contribution >= 0.6 is 0 Å². The highest BCUT2D eigenvalue weighted by atomic mass is 16.5. The first-order valence-corrected chi connectivity index (χ1v) is 8.19. The van der Waals surface area contributed by atoms with E-state index in [-0.39, 0.29) is 5.91 Å². The van der Waals surface area contributed by atoms with Crippen molar-refractivity contribution in [3.05, 3.63) is 65.9 Å². The predicted octanol–water partition coefficient (Wildman–Crippen LogP) is 4.13. The van der Waals surface area contributed by atoms with Crippen molar-refractivity contribution < 1.29 is 9.53 Å². The lowest BCUT2D eigenvalue weighted by atomic mass is 10.2. The number of benzene rings is 2. The van der Waals surface area contributed by atoms with Crippen LogP contribution in [0, 0.1) is 5.92 Å². The average Bonchev–Trinajstić information content (AvgIpc) is 3.02. The number of nitrogens with one attached hydrogen (secondary N) is 2. The van der Waals surface area contributed by atoms with E-state index in [1.54, 1.807) is 0 Å². The van der Waals surface area contributed by atoms with Crippen molar-refractivity contribution in [1.29, 1.82) is 0 Å². The van der Waals surface area contributed by atoms with Gasteiger partial charge in [-0.2, -0.15) is 0 Å². The van der Waals surface area contributed by atoms with Gasteiger partial charge in [-0.05, 0) is 29.7 Å². The predicted molar refractivity (Wildman–Crippen MR) is 96.2 cm³/mol. The van der Waals surface area contributed by atoms with Crippen LogP contribution in [0.25, 0.3) is 10.9 Å². The van der Waals surface area contributed by atoms with Gasteiger partial charge in [0.2, 0.25) is 0 Å². The quantitative estimate of drug-likeness (QED) is 0.717. The van der Waals surface area contributed by atoms with E-state index in [0.717, 1.165) is 22.2 Å². The maximum atomic E-state index is 12.1. The summed E-state index contributed by atoms with van der Waals surface area (Å²) in [7, 11) is 0. The Labute approximate surface area is 141 Å².